The average Bonchev–Trinajstić information content (AvgIpc) is 3.10. The minimum Gasteiger partial charge on any atom is -0.459 e. The predicted molar refractivity (Wildman–Crippen MR) is 109 cm³/mol. The lowest BCUT2D eigenvalue weighted by molar-refractivity contribution is -0.115. The summed E-state index contributed by atoms with van der Waals surface area (Å²) in [6.07, 6.45) is 1.85. The van der Waals surface area contributed by atoms with E-state index in [0.717, 1.165) is 33.1 Å². The van der Waals surface area contributed by atoms with Crippen LogP contribution in [0.4, 0.5) is 5.69 Å². The lowest BCUT2D eigenvalue weighted by Crippen LogP contribution is -2.30. The van der Waals surface area contributed by atoms with Gasteiger partial charge in [-0.05, 0) is 31.2 Å². The molecule has 0 aliphatic rings. The molecule has 0 spiro atoms. The molecule has 26 heavy (non-hydrogen) atoms. The molecule has 1 aromatic heterocycles. The number of carbonyl (C=O) groups excluding carboxylic acids is 1. The molecule has 0 fully saturated rings. The first-order chi connectivity index (χ1) is 12.7. The summed E-state index contributed by atoms with van der Waals surface area (Å²) >= 11 is 1.64. The van der Waals surface area contributed by atoms with Gasteiger partial charge in [0.25, 0.3) is 0 Å². The molecule has 5 heteroatoms. The Balaban J connectivity index is 1.57. The molecule has 4 nitrogen and oxygen atoms in total. The summed E-state index contributed by atoms with van der Waals surface area (Å²) in [5, 5.41) is 7.24. The van der Waals surface area contributed by atoms with Crippen LogP contribution in [0.3, 0.4) is 0 Å². The van der Waals surface area contributed by atoms with Gasteiger partial charge in [-0.25, -0.2) is 0 Å². The molecule has 1 heterocycles. The van der Waals surface area contributed by atoms with Gasteiger partial charge in [0.05, 0.1) is 18.3 Å². The third kappa shape index (κ3) is 4.56. The number of fused-ring (bicyclic) bond motifs is 1. The van der Waals surface area contributed by atoms with Crippen molar-refractivity contribution in [2.45, 2.75) is 17.9 Å². The molecule has 1 atom stereocenters. The minimum atomic E-state index is -0.0837. The van der Waals surface area contributed by atoms with E-state index in [1.165, 1.54) is 0 Å². The SMILES string of the molecule is C=CCSc1ccccc1NC(=O)CNC(C)c1cc2ccccc2o1. The molecule has 1 amide bonds. The summed E-state index contributed by atoms with van der Waals surface area (Å²) in [6, 6.07) is 17.6. The molecule has 0 saturated heterocycles. The van der Waals surface area contributed by atoms with Crippen LogP contribution in [0.2, 0.25) is 0 Å². The van der Waals surface area contributed by atoms with E-state index in [4.69, 9.17) is 4.42 Å². The van der Waals surface area contributed by atoms with E-state index in [-0.39, 0.29) is 18.5 Å². The topological polar surface area (TPSA) is 54.3 Å². The zero-order chi connectivity index (χ0) is 18.4. The fourth-order valence-corrected chi connectivity index (χ4v) is 3.35. The molecule has 134 valence electrons. The van der Waals surface area contributed by atoms with Crippen LogP contribution >= 0.6 is 11.8 Å². The second-order valence-electron chi connectivity index (χ2n) is 5.93. The molecule has 3 aromatic rings. The van der Waals surface area contributed by atoms with E-state index in [9.17, 15) is 4.79 Å². The van der Waals surface area contributed by atoms with Gasteiger partial charge in [-0.3, -0.25) is 10.1 Å². The number of nitrogens with one attached hydrogen (secondary N) is 2. The highest BCUT2D eigenvalue weighted by Crippen LogP contribution is 2.27. The van der Waals surface area contributed by atoms with Crippen molar-refractivity contribution < 1.29 is 9.21 Å². The molecule has 1 unspecified atom stereocenters. The smallest absolute Gasteiger partial charge is 0.238 e. The Morgan fingerprint density at radius 3 is 2.81 bits per heavy atom. The third-order valence-electron chi connectivity index (χ3n) is 3.96. The van der Waals surface area contributed by atoms with E-state index in [1.54, 1.807) is 11.8 Å². The fourth-order valence-electron chi connectivity index (χ4n) is 2.60. The van der Waals surface area contributed by atoms with Crippen LogP contribution in [0, 0.1) is 0 Å². The highest BCUT2D eigenvalue weighted by Gasteiger charge is 2.13. The normalized spacial score (nSPS) is 12.0. The van der Waals surface area contributed by atoms with Crippen molar-refractivity contribution in [3.05, 3.63) is 73.0 Å². The summed E-state index contributed by atoms with van der Waals surface area (Å²) in [6.45, 7) is 5.92. The van der Waals surface area contributed by atoms with Crippen LogP contribution in [0.5, 0.6) is 0 Å². The average molecular weight is 366 g/mol. The molecule has 0 aliphatic heterocycles. The quantitative estimate of drug-likeness (QED) is 0.435. The Morgan fingerprint density at radius 2 is 2.00 bits per heavy atom. The summed E-state index contributed by atoms with van der Waals surface area (Å²) in [7, 11) is 0. The van der Waals surface area contributed by atoms with Crippen LogP contribution in [-0.4, -0.2) is 18.2 Å². The molecular weight excluding hydrogens is 344 g/mol. The number of amides is 1. The van der Waals surface area contributed by atoms with E-state index in [0.29, 0.717) is 0 Å². The van der Waals surface area contributed by atoms with Crippen molar-refractivity contribution in [3.8, 4) is 0 Å². The van der Waals surface area contributed by atoms with Gasteiger partial charge in [0.2, 0.25) is 5.91 Å². The van der Waals surface area contributed by atoms with Crippen molar-refractivity contribution in [3.63, 3.8) is 0 Å². The van der Waals surface area contributed by atoms with Crippen LogP contribution in [0.1, 0.15) is 18.7 Å². The summed E-state index contributed by atoms with van der Waals surface area (Å²) < 4.78 is 5.84. The number of carbonyl (C=O) groups is 1. The van der Waals surface area contributed by atoms with Gasteiger partial charge in [0.15, 0.2) is 0 Å². The lowest BCUT2D eigenvalue weighted by atomic mass is 10.2. The van der Waals surface area contributed by atoms with E-state index >= 15 is 0 Å². The Bertz CT molecular complexity index is 871. The number of anilines is 1. The van der Waals surface area contributed by atoms with Gasteiger partial charge in [-0.1, -0.05) is 36.4 Å². The molecule has 0 saturated carbocycles. The first kappa shape index (κ1) is 18.3. The zero-order valence-electron chi connectivity index (χ0n) is 14.7. The lowest BCUT2D eigenvalue weighted by Gasteiger charge is -2.13. The van der Waals surface area contributed by atoms with E-state index in [2.05, 4.69) is 17.2 Å². The van der Waals surface area contributed by atoms with Crippen molar-refractivity contribution >= 4 is 34.3 Å². The Labute approximate surface area is 157 Å². The Morgan fingerprint density at radius 1 is 1.23 bits per heavy atom. The number of hydrogen-bond donors (Lipinski definition) is 2. The summed E-state index contributed by atoms with van der Waals surface area (Å²) in [5.74, 6) is 1.54. The van der Waals surface area contributed by atoms with Gasteiger partial charge in [-0.2, -0.15) is 0 Å². The van der Waals surface area contributed by atoms with Crippen LogP contribution in [0.15, 0.2) is 76.6 Å². The molecule has 2 aromatic carbocycles. The van der Waals surface area contributed by atoms with Crippen molar-refractivity contribution in [1.29, 1.82) is 0 Å². The number of benzene rings is 2. The standard InChI is InChI=1S/C21H22N2O2S/c1-3-12-26-20-11-7-5-9-17(20)23-21(24)14-22-15(2)19-13-16-8-4-6-10-18(16)25-19/h3-11,13,15,22H,1,12,14H2,2H3,(H,23,24). The van der Waals surface area contributed by atoms with Crippen molar-refractivity contribution in [2.24, 2.45) is 0 Å². The molecule has 2 N–H and O–H groups in total. The Hall–Kier alpha value is -2.50. The number of para-hydroxylation sites is 2. The number of rotatable bonds is 8. The van der Waals surface area contributed by atoms with Crippen LogP contribution in [-0.2, 0) is 4.79 Å². The monoisotopic (exact) mass is 366 g/mol. The highest BCUT2D eigenvalue weighted by molar-refractivity contribution is 7.99. The second kappa shape index (κ2) is 8.74. The van der Waals surface area contributed by atoms with Gasteiger partial charge in [-0.15, -0.1) is 18.3 Å². The maximum Gasteiger partial charge on any atom is 0.238 e. The van der Waals surface area contributed by atoms with Gasteiger partial charge in [0, 0.05) is 16.0 Å². The van der Waals surface area contributed by atoms with Crippen LogP contribution < -0.4 is 10.6 Å². The number of furan rings is 1. The first-order valence-electron chi connectivity index (χ1n) is 8.52. The van der Waals surface area contributed by atoms with E-state index < -0.39 is 0 Å². The largest absolute Gasteiger partial charge is 0.459 e. The highest BCUT2D eigenvalue weighted by atomic mass is 32.2. The summed E-state index contributed by atoms with van der Waals surface area (Å²) in [4.78, 5) is 13.3. The number of thioether (sulfide) groups is 1. The zero-order valence-corrected chi connectivity index (χ0v) is 15.5. The van der Waals surface area contributed by atoms with Crippen LogP contribution in [0.25, 0.3) is 11.0 Å². The van der Waals surface area contributed by atoms with Gasteiger partial charge in [0.1, 0.15) is 11.3 Å². The molecule has 0 aliphatic carbocycles. The second-order valence-corrected chi connectivity index (χ2v) is 7.00. The van der Waals surface area contributed by atoms with Gasteiger partial charge < -0.3 is 9.73 Å². The predicted octanol–water partition coefficient (Wildman–Crippen LogP) is 5.00. The Kier molecular flexibility index (Phi) is 6.15. The minimum absolute atomic E-state index is 0.0569. The molecule has 0 radical (unpaired) electrons. The van der Waals surface area contributed by atoms with Crippen molar-refractivity contribution in [2.75, 3.05) is 17.6 Å². The maximum absolute atomic E-state index is 12.3. The summed E-state index contributed by atoms with van der Waals surface area (Å²) in [5.41, 5.74) is 1.68. The van der Waals surface area contributed by atoms with E-state index in [1.807, 2.05) is 67.6 Å². The van der Waals surface area contributed by atoms with Crippen molar-refractivity contribution in [1.82, 2.24) is 5.32 Å². The molecule has 0 bridgehead atoms. The fraction of sp³-hybridized carbons (Fsp3) is 0.190. The third-order valence-corrected chi connectivity index (χ3v) is 5.03. The molecular formula is C21H22N2O2S. The number of hydrogen-bond acceptors (Lipinski definition) is 4. The van der Waals surface area contributed by atoms with Gasteiger partial charge >= 0.3 is 0 Å². The maximum atomic E-state index is 12.3. The molecule has 3 rings (SSSR count). The first-order valence-corrected chi connectivity index (χ1v) is 9.50.